The Hall–Kier alpha value is -1.89. The first-order chi connectivity index (χ1) is 9.58. The first kappa shape index (κ1) is 17.2. The summed E-state index contributed by atoms with van der Waals surface area (Å²) in [6, 6.07) is 6.00. The Morgan fingerprint density at radius 1 is 1.19 bits per heavy atom. The number of carboxylic acids is 1. The van der Waals surface area contributed by atoms with Crippen LogP contribution in [0.3, 0.4) is 0 Å². The van der Waals surface area contributed by atoms with Crippen molar-refractivity contribution in [2.24, 2.45) is 0 Å². The minimum atomic E-state index is -3.26. The highest BCUT2D eigenvalue weighted by molar-refractivity contribution is 7.91. The van der Waals surface area contributed by atoms with Gasteiger partial charge in [-0.05, 0) is 31.5 Å². The molecule has 0 aliphatic heterocycles. The minimum absolute atomic E-state index is 0.0108. The van der Waals surface area contributed by atoms with Crippen molar-refractivity contribution in [1.82, 2.24) is 5.32 Å². The van der Waals surface area contributed by atoms with E-state index < -0.39 is 27.3 Å². The summed E-state index contributed by atoms with van der Waals surface area (Å²) in [5, 5.41) is 11.3. The summed E-state index contributed by atoms with van der Waals surface area (Å²) in [5.74, 6) is -1.55. The van der Waals surface area contributed by atoms with Gasteiger partial charge < -0.3 is 10.4 Å². The van der Waals surface area contributed by atoms with Crippen LogP contribution in [0.15, 0.2) is 29.2 Å². The number of hydrogen-bond acceptors (Lipinski definition) is 4. The molecule has 21 heavy (non-hydrogen) atoms. The fourth-order valence-electron chi connectivity index (χ4n) is 1.61. The Morgan fingerprint density at radius 3 is 2.14 bits per heavy atom. The van der Waals surface area contributed by atoms with Crippen LogP contribution < -0.4 is 5.32 Å². The number of hydrogen-bond donors (Lipinski definition) is 2. The van der Waals surface area contributed by atoms with Gasteiger partial charge in [0.05, 0.1) is 17.1 Å². The summed E-state index contributed by atoms with van der Waals surface area (Å²) in [7, 11) is -3.26. The van der Waals surface area contributed by atoms with Crippen LogP contribution in [-0.2, 0) is 25.8 Å². The van der Waals surface area contributed by atoms with E-state index in [4.69, 9.17) is 5.11 Å². The van der Waals surface area contributed by atoms with Crippen molar-refractivity contribution < 1.29 is 23.1 Å². The molecular weight excluding hydrogens is 294 g/mol. The molecule has 1 amide bonds. The molecule has 0 aromatic heterocycles. The maximum absolute atomic E-state index is 11.8. The molecule has 0 fully saturated rings. The van der Waals surface area contributed by atoms with Crippen LogP contribution in [-0.4, -0.2) is 36.7 Å². The topological polar surface area (TPSA) is 101 Å². The lowest BCUT2D eigenvalue weighted by Gasteiger charge is -2.20. The van der Waals surface area contributed by atoms with Crippen LogP contribution >= 0.6 is 0 Å². The van der Waals surface area contributed by atoms with Crippen molar-refractivity contribution in [2.75, 3.05) is 5.75 Å². The Morgan fingerprint density at radius 2 is 1.71 bits per heavy atom. The van der Waals surface area contributed by atoms with Crippen molar-refractivity contribution >= 4 is 21.7 Å². The molecule has 1 aromatic carbocycles. The lowest BCUT2D eigenvalue weighted by molar-refractivity contribution is -0.145. The average molecular weight is 313 g/mol. The molecule has 0 aliphatic carbocycles. The van der Waals surface area contributed by atoms with E-state index in [9.17, 15) is 18.0 Å². The van der Waals surface area contributed by atoms with Crippen molar-refractivity contribution in [3.05, 3.63) is 29.8 Å². The second kappa shape index (κ2) is 6.26. The van der Waals surface area contributed by atoms with Crippen molar-refractivity contribution in [3.8, 4) is 0 Å². The summed E-state index contributed by atoms with van der Waals surface area (Å²) < 4.78 is 23.3. The first-order valence-corrected chi connectivity index (χ1v) is 8.10. The highest BCUT2D eigenvalue weighted by Crippen LogP contribution is 2.13. The van der Waals surface area contributed by atoms with E-state index in [0.717, 1.165) is 0 Å². The van der Waals surface area contributed by atoms with Gasteiger partial charge in [0, 0.05) is 0 Å². The number of sulfone groups is 1. The quantitative estimate of drug-likeness (QED) is 0.816. The van der Waals surface area contributed by atoms with Crippen molar-refractivity contribution in [1.29, 1.82) is 0 Å². The SMILES string of the molecule is CCS(=O)(=O)c1ccc(CC(=O)NC(C)(C)C(=O)O)cc1. The lowest BCUT2D eigenvalue weighted by Crippen LogP contribution is -2.50. The molecule has 0 bridgehead atoms. The Kier molecular flexibility index (Phi) is 5.11. The summed E-state index contributed by atoms with van der Waals surface area (Å²) in [5.41, 5.74) is -0.730. The van der Waals surface area contributed by atoms with Gasteiger partial charge in [0.1, 0.15) is 5.54 Å². The fraction of sp³-hybridized carbons (Fsp3) is 0.429. The highest BCUT2D eigenvalue weighted by atomic mass is 32.2. The van der Waals surface area contributed by atoms with Crippen LogP contribution in [0.4, 0.5) is 0 Å². The van der Waals surface area contributed by atoms with E-state index in [0.29, 0.717) is 5.56 Å². The number of amides is 1. The predicted molar refractivity (Wildman–Crippen MR) is 77.7 cm³/mol. The Bertz CT molecular complexity index is 632. The van der Waals surface area contributed by atoms with Gasteiger partial charge in [-0.1, -0.05) is 19.1 Å². The van der Waals surface area contributed by atoms with Gasteiger partial charge in [0.25, 0.3) is 0 Å². The zero-order chi connectivity index (χ0) is 16.3. The average Bonchev–Trinajstić information content (AvgIpc) is 2.38. The molecule has 0 unspecified atom stereocenters. The predicted octanol–water partition coefficient (Wildman–Crippen LogP) is 1.00. The number of nitrogens with one attached hydrogen (secondary N) is 1. The molecule has 2 N–H and O–H groups in total. The Labute approximate surface area is 124 Å². The Balaban J connectivity index is 2.77. The van der Waals surface area contributed by atoms with Crippen LogP contribution in [0, 0.1) is 0 Å². The maximum atomic E-state index is 11.8. The van der Waals surface area contributed by atoms with Gasteiger partial charge in [-0.15, -0.1) is 0 Å². The van der Waals surface area contributed by atoms with E-state index >= 15 is 0 Å². The summed E-state index contributed by atoms with van der Waals surface area (Å²) >= 11 is 0. The largest absolute Gasteiger partial charge is 0.480 e. The van der Waals surface area contributed by atoms with Gasteiger partial charge >= 0.3 is 5.97 Å². The third kappa shape index (κ3) is 4.56. The molecule has 0 atom stereocenters. The summed E-state index contributed by atoms with van der Waals surface area (Å²) in [6.45, 7) is 4.35. The van der Waals surface area contributed by atoms with Crippen LogP contribution in [0.2, 0.25) is 0 Å². The van der Waals surface area contributed by atoms with Gasteiger partial charge in [0.15, 0.2) is 9.84 Å². The number of aliphatic carboxylic acids is 1. The molecule has 1 rings (SSSR count). The lowest BCUT2D eigenvalue weighted by atomic mass is 10.1. The van der Waals surface area contributed by atoms with Crippen molar-refractivity contribution in [2.45, 2.75) is 37.6 Å². The molecule has 7 heteroatoms. The van der Waals surface area contributed by atoms with Gasteiger partial charge in [-0.2, -0.15) is 0 Å². The molecule has 0 spiro atoms. The van der Waals surface area contributed by atoms with Crippen molar-refractivity contribution in [3.63, 3.8) is 0 Å². The number of carbonyl (C=O) groups is 2. The van der Waals surface area contributed by atoms with Gasteiger partial charge in [-0.3, -0.25) is 4.79 Å². The molecular formula is C14H19NO5S. The number of carbonyl (C=O) groups excluding carboxylic acids is 1. The number of rotatable bonds is 6. The number of benzene rings is 1. The normalized spacial score (nSPS) is 12.0. The third-order valence-corrected chi connectivity index (χ3v) is 4.76. The van der Waals surface area contributed by atoms with Gasteiger partial charge in [-0.25, -0.2) is 13.2 Å². The van der Waals surface area contributed by atoms with E-state index in [1.54, 1.807) is 19.1 Å². The second-order valence-electron chi connectivity index (χ2n) is 5.20. The molecule has 0 heterocycles. The molecule has 0 saturated heterocycles. The van der Waals surface area contributed by atoms with E-state index in [1.807, 2.05) is 0 Å². The van der Waals surface area contributed by atoms with Crippen LogP contribution in [0.25, 0.3) is 0 Å². The molecule has 0 saturated carbocycles. The minimum Gasteiger partial charge on any atom is -0.480 e. The molecule has 0 radical (unpaired) electrons. The smallest absolute Gasteiger partial charge is 0.328 e. The van der Waals surface area contributed by atoms with Gasteiger partial charge in [0.2, 0.25) is 5.91 Å². The molecule has 116 valence electrons. The first-order valence-electron chi connectivity index (χ1n) is 6.44. The molecule has 0 aliphatic rings. The van der Waals surface area contributed by atoms with Crippen LogP contribution in [0.5, 0.6) is 0 Å². The van der Waals surface area contributed by atoms with E-state index in [-0.39, 0.29) is 17.1 Å². The standard InChI is InChI=1S/C14H19NO5S/c1-4-21(19,20)11-7-5-10(6-8-11)9-12(16)15-14(2,3)13(17)18/h5-8H,4,9H2,1-3H3,(H,15,16)(H,17,18). The van der Waals surface area contributed by atoms with E-state index in [2.05, 4.69) is 5.32 Å². The zero-order valence-corrected chi connectivity index (χ0v) is 13.0. The molecule has 6 nitrogen and oxygen atoms in total. The summed E-state index contributed by atoms with van der Waals surface area (Å²) in [6.07, 6.45) is -0.0108. The highest BCUT2D eigenvalue weighted by Gasteiger charge is 2.28. The maximum Gasteiger partial charge on any atom is 0.328 e. The zero-order valence-electron chi connectivity index (χ0n) is 12.2. The molecule has 1 aromatic rings. The monoisotopic (exact) mass is 313 g/mol. The fourth-order valence-corrected chi connectivity index (χ4v) is 2.50. The second-order valence-corrected chi connectivity index (χ2v) is 7.48. The third-order valence-electron chi connectivity index (χ3n) is 3.01. The summed E-state index contributed by atoms with van der Waals surface area (Å²) in [4.78, 5) is 22.9. The van der Waals surface area contributed by atoms with E-state index in [1.165, 1.54) is 26.0 Å². The number of carboxylic acid groups (broad SMARTS) is 1. The van der Waals surface area contributed by atoms with Crippen LogP contribution in [0.1, 0.15) is 26.3 Å².